The lowest BCUT2D eigenvalue weighted by atomic mass is 10.1. The third-order valence-electron chi connectivity index (χ3n) is 4.60. The molecule has 0 radical (unpaired) electrons. The Morgan fingerprint density at radius 1 is 1.23 bits per heavy atom. The summed E-state index contributed by atoms with van der Waals surface area (Å²) in [7, 11) is 1.64. The number of amides is 1. The van der Waals surface area contributed by atoms with Gasteiger partial charge in [-0.05, 0) is 36.2 Å². The van der Waals surface area contributed by atoms with Crippen molar-refractivity contribution in [1.82, 2.24) is 9.88 Å². The number of hydrogen-bond acceptors (Lipinski definition) is 5. The number of benzene rings is 1. The molecule has 0 atom stereocenters. The fourth-order valence-electron chi connectivity index (χ4n) is 3.14. The number of aryl methyl sites for hydroxylation is 1. The molecule has 1 aliphatic rings. The van der Waals surface area contributed by atoms with Gasteiger partial charge >= 0.3 is 0 Å². The molecule has 134 valence electrons. The van der Waals surface area contributed by atoms with Crippen LogP contribution in [-0.2, 0) is 11.2 Å². The molecule has 1 aromatic carbocycles. The summed E-state index contributed by atoms with van der Waals surface area (Å²) in [5, 5.41) is 9.21. The Bertz CT molecular complexity index is 807. The SMILES string of the molecule is COc1cccc(CCC(=O)N2CCN(c3ncccc3C#N)CC2)c1. The van der Waals surface area contributed by atoms with Crippen LogP contribution in [0.4, 0.5) is 5.82 Å². The maximum Gasteiger partial charge on any atom is 0.223 e. The molecule has 0 saturated carbocycles. The third-order valence-corrected chi connectivity index (χ3v) is 4.60. The van der Waals surface area contributed by atoms with E-state index in [-0.39, 0.29) is 5.91 Å². The van der Waals surface area contributed by atoms with Gasteiger partial charge in [0.2, 0.25) is 5.91 Å². The minimum atomic E-state index is 0.161. The molecule has 0 unspecified atom stereocenters. The van der Waals surface area contributed by atoms with Gasteiger partial charge in [0.25, 0.3) is 0 Å². The Labute approximate surface area is 153 Å². The van der Waals surface area contributed by atoms with Gasteiger partial charge in [-0.2, -0.15) is 5.26 Å². The van der Waals surface area contributed by atoms with Gasteiger partial charge < -0.3 is 14.5 Å². The molecule has 0 spiro atoms. The second kappa shape index (κ2) is 8.34. The minimum Gasteiger partial charge on any atom is -0.497 e. The van der Waals surface area contributed by atoms with Gasteiger partial charge in [-0.15, -0.1) is 0 Å². The van der Waals surface area contributed by atoms with Crippen molar-refractivity contribution in [2.75, 3.05) is 38.2 Å². The van der Waals surface area contributed by atoms with Crippen molar-refractivity contribution in [1.29, 1.82) is 5.26 Å². The summed E-state index contributed by atoms with van der Waals surface area (Å²) in [6.45, 7) is 2.68. The maximum atomic E-state index is 12.5. The first-order valence-electron chi connectivity index (χ1n) is 8.72. The number of carbonyl (C=O) groups is 1. The highest BCUT2D eigenvalue weighted by molar-refractivity contribution is 5.76. The molecule has 0 N–H and O–H groups in total. The van der Waals surface area contributed by atoms with E-state index < -0.39 is 0 Å². The van der Waals surface area contributed by atoms with Gasteiger partial charge in [-0.3, -0.25) is 4.79 Å². The molecule has 1 aromatic heterocycles. The molecule has 1 fully saturated rings. The molecule has 0 bridgehead atoms. The van der Waals surface area contributed by atoms with Crippen molar-refractivity contribution in [2.24, 2.45) is 0 Å². The van der Waals surface area contributed by atoms with Gasteiger partial charge in [-0.1, -0.05) is 12.1 Å². The number of piperazine rings is 1. The highest BCUT2D eigenvalue weighted by atomic mass is 16.5. The molecule has 26 heavy (non-hydrogen) atoms. The number of methoxy groups -OCH3 is 1. The number of rotatable bonds is 5. The summed E-state index contributed by atoms with van der Waals surface area (Å²) >= 11 is 0. The standard InChI is InChI=1S/C20H22N4O2/c1-26-18-6-2-4-16(14-18)7-8-19(25)23-10-12-24(13-11-23)20-17(15-21)5-3-9-22-20/h2-6,9,14H,7-8,10-13H2,1H3. The summed E-state index contributed by atoms with van der Waals surface area (Å²) in [6.07, 6.45) is 2.89. The summed E-state index contributed by atoms with van der Waals surface area (Å²) in [5.41, 5.74) is 1.67. The lowest BCUT2D eigenvalue weighted by Gasteiger charge is -2.35. The van der Waals surface area contributed by atoms with E-state index in [1.54, 1.807) is 25.4 Å². The van der Waals surface area contributed by atoms with E-state index in [1.807, 2.05) is 29.2 Å². The Morgan fingerprint density at radius 3 is 2.77 bits per heavy atom. The molecule has 2 heterocycles. The number of aromatic nitrogens is 1. The van der Waals surface area contributed by atoms with Crippen molar-refractivity contribution in [2.45, 2.75) is 12.8 Å². The zero-order chi connectivity index (χ0) is 18.4. The molecule has 2 aromatic rings. The van der Waals surface area contributed by atoms with Gasteiger partial charge in [0, 0.05) is 38.8 Å². The van der Waals surface area contributed by atoms with Crippen molar-refractivity contribution in [3.63, 3.8) is 0 Å². The van der Waals surface area contributed by atoms with Crippen molar-refractivity contribution in [3.8, 4) is 11.8 Å². The molecule has 1 amide bonds. The van der Waals surface area contributed by atoms with Crippen LogP contribution in [0.3, 0.4) is 0 Å². The average molecular weight is 350 g/mol. The minimum absolute atomic E-state index is 0.161. The van der Waals surface area contributed by atoms with E-state index in [1.165, 1.54) is 0 Å². The molecular formula is C20H22N4O2. The molecule has 6 heteroatoms. The van der Waals surface area contributed by atoms with E-state index in [2.05, 4.69) is 16.0 Å². The van der Waals surface area contributed by atoms with E-state index in [0.29, 0.717) is 50.4 Å². The summed E-state index contributed by atoms with van der Waals surface area (Å²) < 4.78 is 5.22. The Morgan fingerprint density at radius 2 is 2.04 bits per heavy atom. The number of nitriles is 1. The van der Waals surface area contributed by atoms with Crippen molar-refractivity contribution in [3.05, 3.63) is 53.7 Å². The van der Waals surface area contributed by atoms with Crippen LogP contribution in [0.1, 0.15) is 17.5 Å². The van der Waals surface area contributed by atoms with E-state index >= 15 is 0 Å². The monoisotopic (exact) mass is 350 g/mol. The van der Waals surface area contributed by atoms with Gasteiger partial charge in [0.15, 0.2) is 0 Å². The number of carbonyl (C=O) groups excluding carboxylic acids is 1. The summed E-state index contributed by atoms with van der Waals surface area (Å²) in [6, 6.07) is 13.5. The number of anilines is 1. The first-order chi connectivity index (χ1) is 12.7. The first-order valence-corrected chi connectivity index (χ1v) is 8.72. The largest absolute Gasteiger partial charge is 0.497 e. The topological polar surface area (TPSA) is 69.5 Å². The highest BCUT2D eigenvalue weighted by Gasteiger charge is 2.23. The highest BCUT2D eigenvalue weighted by Crippen LogP contribution is 2.19. The van der Waals surface area contributed by atoms with Crippen LogP contribution >= 0.6 is 0 Å². The predicted octanol–water partition coefficient (Wildman–Crippen LogP) is 2.24. The number of ether oxygens (including phenoxy) is 1. The third kappa shape index (κ3) is 4.12. The normalized spacial score (nSPS) is 14.0. The van der Waals surface area contributed by atoms with Crippen molar-refractivity contribution >= 4 is 11.7 Å². The van der Waals surface area contributed by atoms with Gasteiger partial charge in [0.05, 0.1) is 12.7 Å². The van der Waals surface area contributed by atoms with Crippen LogP contribution in [0.25, 0.3) is 0 Å². The van der Waals surface area contributed by atoms with E-state index in [0.717, 1.165) is 11.3 Å². The van der Waals surface area contributed by atoms with Crippen LogP contribution in [0.2, 0.25) is 0 Å². The zero-order valence-corrected chi connectivity index (χ0v) is 14.9. The van der Waals surface area contributed by atoms with Crippen molar-refractivity contribution < 1.29 is 9.53 Å². The fraction of sp³-hybridized carbons (Fsp3) is 0.350. The first kappa shape index (κ1) is 17.7. The molecular weight excluding hydrogens is 328 g/mol. The fourth-order valence-corrected chi connectivity index (χ4v) is 3.14. The molecule has 1 saturated heterocycles. The number of pyridine rings is 1. The van der Waals surface area contributed by atoms with Gasteiger partial charge in [-0.25, -0.2) is 4.98 Å². The Hall–Kier alpha value is -3.07. The summed E-state index contributed by atoms with van der Waals surface area (Å²) in [5.74, 6) is 1.68. The van der Waals surface area contributed by atoms with Gasteiger partial charge in [0.1, 0.15) is 17.6 Å². The second-order valence-corrected chi connectivity index (χ2v) is 6.21. The Balaban J connectivity index is 1.53. The van der Waals surface area contributed by atoms with E-state index in [4.69, 9.17) is 4.74 Å². The lowest BCUT2D eigenvalue weighted by molar-refractivity contribution is -0.131. The van der Waals surface area contributed by atoms with Crippen LogP contribution in [-0.4, -0.2) is 49.1 Å². The molecule has 3 rings (SSSR count). The molecule has 1 aliphatic heterocycles. The van der Waals surface area contributed by atoms with E-state index in [9.17, 15) is 10.1 Å². The summed E-state index contributed by atoms with van der Waals surface area (Å²) in [4.78, 5) is 20.8. The van der Waals surface area contributed by atoms with Crippen LogP contribution in [0.15, 0.2) is 42.6 Å². The molecule has 6 nitrogen and oxygen atoms in total. The number of nitrogens with zero attached hydrogens (tertiary/aromatic N) is 4. The maximum absolute atomic E-state index is 12.5. The van der Waals surface area contributed by atoms with Crippen LogP contribution < -0.4 is 9.64 Å². The molecule has 0 aliphatic carbocycles. The zero-order valence-electron chi connectivity index (χ0n) is 14.9. The quantitative estimate of drug-likeness (QED) is 0.827. The predicted molar refractivity (Wildman–Crippen MR) is 99.1 cm³/mol. The Kier molecular flexibility index (Phi) is 5.69. The van der Waals surface area contributed by atoms with Crippen LogP contribution in [0.5, 0.6) is 5.75 Å². The van der Waals surface area contributed by atoms with Crippen LogP contribution in [0, 0.1) is 11.3 Å². The average Bonchev–Trinajstić information content (AvgIpc) is 2.72. The lowest BCUT2D eigenvalue weighted by Crippen LogP contribution is -2.49. The smallest absolute Gasteiger partial charge is 0.223 e. The second-order valence-electron chi connectivity index (χ2n) is 6.21. The number of hydrogen-bond donors (Lipinski definition) is 0.